The van der Waals surface area contributed by atoms with Crippen molar-refractivity contribution in [3.63, 3.8) is 0 Å². The molecular formula is C22H31NO4Si. The fourth-order valence-electron chi connectivity index (χ4n) is 4.95. The summed E-state index contributed by atoms with van der Waals surface area (Å²) >= 11 is 0. The number of fused-ring (bicyclic) bond motifs is 3. The van der Waals surface area contributed by atoms with Gasteiger partial charge in [-0.05, 0) is 47.8 Å². The van der Waals surface area contributed by atoms with Gasteiger partial charge in [0.05, 0.1) is 12.2 Å². The average Bonchev–Trinajstić information content (AvgIpc) is 3.22. The Morgan fingerprint density at radius 2 is 1.89 bits per heavy atom. The first-order chi connectivity index (χ1) is 13.2. The predicted octanol–water partition coefficient (Wildman–Crippen LogP) is 3.78. The van der Waals surface area contributed by atoms with Crippen LogP contribution in [0, 0.1) is 0 Å². The number of aliphatic hydroxyl groups is 1. The summed E-state index contributed by atoms with van der Waals surface area (Å²) in [7, 11) is -1.99. The lowest BCUT2D eigenvalue weighted by Gasteiger charge is -2.48. The second-order valence-electron chi connectivity index (χ2n) is 10.2. The van der Waals surface area contributed by atoms with Crippen LogP contribution in [0.4, 0.5) is 0 Å². The summed E-state index contributed by atoms with van der Waals surface area (Å²) in [5, 5.41) is 11.6. The minimum absolute atomic E-state index is 0.0236. The number of aliphatic hydroxyl groups excluding tert-OH is 1. The summed E-state index contributed by atoms with van der Waals surface area (Å²) < 4.78 is 17.9. The molecule has 0 amide bonds. The van der Waals surface area contributed by atoms with Crippen LogP contribution in [0.2, 0.25) is 18.1 Å². The van der Waals surface area contributed by atoms with Gasteiger partial charge in [-0.1, -0.05) is 32.4 Å². The third-order valence-electron chi connectivity index (χ3n) is 7.49. The van der Waals surface area contributed by atoms with Crippen molar-refractivity contribution < 1.29 is 19.0 Å². The molecule has 0 saturated carbocycles. The number of nitrogens with zero attached hydrogens (tertiary/aromatic N) is 1. The molecule has 0 spiro atoms. The molecule has 1 fully saturated rings. The molecule has 3 aliphatic heterocycles. The topological polar surface area (TPSA) is 51.2 Å². The van der Waals surface area contributed by atoms with Crippen molar-refractivity contribution in [1.29, 1.82) is 0 Å². The lowest BCUT2D eigenvalue weighted by molar-refractivity contribution is 0.00399. The number of hydrogen-bond acceptors (Lipinski definition) is 5. The lowest BCUT2D eigenvalue weighted by Crippen LogP contribution is -2.54. The Labute approximate surface area is 168 Å². The van der Waals surface area contributed by atoms with Gasteiger partial charge in [0.25, 0.3) is 0 Å². The molecule has 5 nitrogen and oxygen atoms in total. The van der Waals surface area contributed by atoms with Crippen molar-refractivity contribution in [1.82, 2.24) is 4.90 Å². The molecule has 1 N–H and O–H groups in total. The van der Waals surface area contributed by atoms with Crippen LogP contribution in [-0.4, -0.2) is 49.9 Å². The van der Waals surface area contributed by atoms with Gasteiger partial charge in [-0.2, -0.15) is 0 Å². The van der Waals surface area contributed by atoms with Gasteiger partial charge in [0.15, 0.2) is 19.8 Å². The zero-order chi connectivity index (χ0) is 19.8. The van der Waals surface area contributed by atoms with E-state index in [1.165, 1.54) is 16.7 Å². The highest BCUT2D eigenvalue weighted by molar-refractivity contribution is 6.74. The molecule has 28 heavy (non-hydrogen) atoms. The first-order valence-electron chi connectivity index (χ1n) is 10.4. The Hall–Kier alpha value is -1.34. The van der Waals surface area contributed by atoms with E-state index in [2.05, 4.69) is 57.0 Å². The molecule has 5 rings (SSSR count). The Bertz CT molecular complexity index is 844. The Morgan fingerprint density at radius 3 is 2.61 bits per heavy atom. The largest absolute Gasteiger partial charge is 0.454 e. The Morgan fingerprint density at radius 1 is 1.18 bits per heavy atom. The molecule has 6 heteroatoms. The van der Waals surface area contributed by atoms with E-state index in [4.69, 9.17) is 13.9 Å². The maximum absolute atomic E-state index is 11.5. The van der Waals surface area contributed by atoms with Crippen LogP contribution in [0.25, 0.3) is 0 Å². The van der Waals surface area contributed by atoms with E-state index in [0.717, 1.165) is 31.0 Å². The maximum atomic E-state index is 11.5. The fourth-order valence-corrected chi connectivity index (χ4v) is 6.19. The summed E-state index contributed by atoms with van der Waals surface area (Å²) in [6, 6.07) is 4.50. The molecule has 1 aromatic carbocycles. The summed E-state index contributed by atoms with van der Waals surface area (Å²) in [5.74, 6) is 1.65. The predicted molar refractivity (Wildman–Crippen MR) is 110 cm³/mol. The average molecular weight is 402 g/mol. The zero-order valence-corrected chi connectivity index (χ0v) is 18.5. The van der Waals surface area contributed by atoms with Crippen LogP contribution < -0.4 is 9.47 Å². The fraction of sp³-hybridized carbons (Fsp3) is 0.636. The minimum atomic E-state index is -1.99. The highest BCUT2D eigenvalue weighted by Gasteiger charge is 2.51. The van der Waals surface area contributed by atoms with Gasteiger partial charge in [-0.15, -0.1) is 0 Å². The number of ether oxygens (including phenoxy) is 2. The second kappa shape index (κ2) is 6.08. The van der Waals surface area contributed by atoms with E-state index in [9.17, 15) is 5.11 Å². The quantitative estimate of drug-likeness (QED) is 0.604. The minimum Gasteiger partial charge on any atom is -0.454 e. The van der Waals surface area contributed by atoms with Crippen LogP contribution in [0.3, 0.4) is 0 Å². The first-order valence-corrected chi connectivity index (χ1v) is 13.3. The van der Waals surface area contributed by atoms with E-state index in [0.29, 0.717) is 0 Å². The molecule has 3 heterocycles. The van der Waals surface area contributed by atoms with Gasteiger partial charge < -0.3 is 19.0 Å². The van der Waals surface area contributed by atoms with E-state index < -0.39 is 14.4 Å². The Kier molecular flexibility index (Phi) is 4.05. The number of rotatable bonds is 2. The smallest absolute Gasteiger partial charge is 0.231 e. The van der Waals surface area contributed by atoms with Crippen molar-refractivity contribution in [2.75, 3.05) is 13.3 Å². The highest BCUT2D eigenvalue weighted by atomic mass is 28.4. The standard InChI is InChI=1S/C22H31NO4Si/c1-22(2,3)28(4,5)27-18-8-13-6-7-23-11-14-9-16-17(26-12-25-16)10-15(14)19(20(13)23)21(18)24/h8-10,18-21,24H,6-7,11-12H2,1-5H3. The summed E-state index contributed by atoms with van der Waals surface area (Å²) in [6.45, 7) is 13.5. The molecule has 0 radical (unpaired) electrons. The molecule has 1 aliphatic carbocycles. The summed E-state index contributed by atoms with van der Waals surface area (Å²) in [6.07, 6.45) is 2.51. The van der Waals surface area contributed by atoms with Crippen molar-refractivity contribution in [2.24, 2.45) is 0 Å². The van der Waals surface area contributed by atoms with Crippen LogP contribution in [0.15, 0.2) is 23.8 Å². The molecule has 152 valence electrons. The van der Waals surface area contributed by atoms with Crippen LogP contribution in [0.1, 0.15) is 44.2 Å². The number of benzene rings is 1. The van der Waals surface area contributed by atoms with Crippen molar-refractivity contribution in [3.05, 3.63) is 34.9 Å². The molecule has 4 aliphatic rings. The second-order valence-corrected chi connectivity index (χ2v) is 14.9. The summed E-state index contributed by atoms with van der Waals surface area (Å²) in [4.78, 5) is 2.51. The van der Waals surface area contributed by atoms with Crippen LogP contribution in [0.5, 0.6) is 11.5 Å². The molecule has 0 aromatic heterocycles. The molecular weight excluding hydrogens is 370 g/mol. The molecule has 4 unspecified atom stereocenters. The van der Waals surface area contributed by atoms with Gasteiger partial charge in [0.2, 0.25) is 6.79 Å². The normalized spacial score (nSPS) is 31.4. The SMILES string of the molecule is CC(C)(C)[Si](C)(C)OC1C=C2CCN3Cc4cc5c(cc4C(C1O)C23)OCO5. The van der Waals surface area contributed by atoms with E-state index >= 15 is 0 Å². The lowest BCUT2D eigenvalue weighted by atomic mass is 9.73. The van der Waals surface area contributed by atoms with Gasteiger partial charge in [0, 0.05) is 25.0 Å². The van der Waals surface area contributed by atoms with Crippen LogP contribution in [-0.2, 0) is 11.0 Å². The molecule has 0 bridgehead atoms. The summed E-state index contributed by atoms with van der Waals surface area (Å²) in [5.41, 5.74) is 3.88. The van der Waals surface area contributed by atoms with E-state index in [1.54, 1.807) is 0 Å². The zero-order valence-electron chi connectivity index (χ0n) is 17.5. The van der Waals surface area contributed by atoms with Crippen LogP contribution >= 0.6 is 0 Å². The van der Waals surface area contributed by atoms with Crippen molar-refractivity contribution in [3.8, 4) is 11.5 Å². The van der Waals surface area contributed by atoms with Gasteiger partial charge in [0.1, 0.15) is 0 Å². The Balaban J connectivity index is 1.55. The molecule has 4 atom stereocenters. The number of hydrogen-bond donors (Lipinski definition) is 1. The van der Waals surface area contributed by atoms with Gasteiger partial charge in [-0.3, -0.25) is 4.90 Å². The van der Waals surface area contributed by atoms with E-state index in [-0.39, 0.29) is 29.9 Å². The van der Waals surface area contributed by atoms with Gasteiger partial charge >= 0.3 is 0 Å². The monoisotopic (exact) mass is 401 g/mol. The molecule has 1 aromatic rings. The first kappa shape index (κ1) is 18.7. The van der Waals surface area contributed by atoms with Crippen molar-refractivity contribution >= 4 is 8.32 Å². The highest BCUT2D eigenvalue weighted by Crippen LogP contribution is 2.51. The maximum Gasteiger partial charge on any atom is 0.231 e. The van der Waals surface area contributed by atoms with Crippen molar-refractivity contribution in [2.45, 2.75) is 76.0 Å². The van der Waals surface area contributed by atoms with Gasteiger partial charge in [-0.25, -0.2) is 0 Å². The molecule has 1 saturated heterocycles. The third kappa shape index (κ3) is 2.69. The third-order valence-corrected chi connectivity index (χ3v) is 12.0. The van der Waals surface area contributed by atoms with E-state index in [1.807, 2.05) is 0 Å².